The first kappa shape index (κ1) is 10.9. The molecule has 0 aliphatic heterocycles. The zero-order valence-electron chi connectivity index (χ0n) is 6.54. The average molecular weight is 220 g/mol. The SMILES string of the molecule is C=[C-]c1ccccc1[N-]C.[Y]. The van der Waals surface area contributed by atoms with Gasteiger partial charge in [-0.25, -0.2) is 5.56 Å². The van der Waals surface area contributed by atoms with Crippen LogP contribution in [0.25, 0.3) is 5.32 Å². The molecule has 0 saturated carbocycles. The predicted octanol–water partition coefficient (Wildman–Crippen LogP) is 2.66. The Morgan fingerprint density at radius 3 is 2.45 bits per heavy atom. The molecule has 0 bridgehead atoms. The molecule has 1 nitrogen and oxygen atoms in total. The van der Waals surface area contributed by atoms with E-state index in [1.54, 1.807) is 7.05 Å². The number of hydrogen-bond acceptors (Lipinski definition) is 0. The van der Waals surface area contributed by atoms with Crippen LogP contribution in [0.3, 0.4) is 0 Å². The fourth-order valence-electron chi connectivity index (χ4n) is 0.818. The van der Waals surface area contributed by atoms with Crippen LogP contribution in [-0.2, 0) is 32.7 Å². The summed E-state index contributed by atoms with van der Waals surface area (Å²) < 4.78 is 0. The summed E-state index contributed by atoms with van der Waals surface area (Å²) in [5, 5.41) is 4.04. The van der Waals surface area contributed by atoms with Crippen molar-refractivity contribution >= 4 is 5.69 Å². The van der Waals surface area contributed by atoms with Crippen molar-refractivity contribution in [3.8, 4) is 0 Å². The Labute approximate surface area is 92.8 Å². The van der Waals surface area contributed by atoms with Crippen LogP contribution in [0.1, 0.15) is 5.56 Å². The van der Waals surface area contributed by atoms with Crippen LogP contribution in [0.4, 0.5) is 5.69 Å². The van der Waals surface area contributed by atoms with Crippen molar-refractivity contribution in [1.29, 1.82) is 0 Å². The number of hydrogen-bond donors (Lipinski definition) is 0. The van der Waals surface area contributed by atoms with Crippen molar-refractivity contribution in [3.63, 3.8) is 0 Å². The molecule has 11 heavy (non-hydrogen) atoms. The van der Waals surface area contributed by atoms with Gasteiger partial charge in [-0.3, -0.25) is 5.69 Å². The van der Waals surface area contributed by atoms with Gasteiger partial charge in [0, 0.05) is 32.7 Å². The van der Waals surface area contributed by atoms with Crippen molar-refractivity contribution in [2.45, 2.75) is 0 Å². The third-order valence-corrected chi connectivity index (χ3v) is 1.34. The molecule has 0 N–H and O–H groups in total. The Hall–Kier alpha value is -0.136. The molecule has 2 heteroatoms. The molecule has 0 heterocycles. The topological polar surface area (TPSA) is 14.1 Å². The van der Waals surface area contributed by atoms with Crippen molar-refractivity contribution < 1.29 is 32.7 Å². The van der Waals surface area contributed by atoms with E-state index in [4.69, 9.17) is 0 Å². The van der Waals surface area contributed by atoms with Gasteiger partial charge < -0.3 is 5.32 Å². The van der Waals surface area contributed by atoms with Gasteiger partial charge in [0.1, 0.15) is 0 Å². The quantitative estimate of drug-likeness (QED) is 0.680. The molecule has 0 saturated heterocycles. The van der Waals surface area contributed by atoms with E-state index in [9.17, 15) is 0 Å². The number of benzene rings is 1. The zero-order valence-corrected chi connectivity index (χ0v) is 9.38. The Balaban J connectivity index is 0.000001000. The smallest absolute Gasteiger partial charge is 0 e. The van der Waals surface area contributed by atoms with Gasteiger partial charge in [0.2, 0.25) is 0 Å². The largest absolute Gasteiger partial charge is 0.745 e. The van der Waals surface area contributed by atoms with E-state index < -0.39 is 0 Å². The van der Waals surface area contributed by atoms with Crippen molar-refractivity contribution in [3.05, 3.63) is 47.8 Å². The molecule has 1 radical (unpaired) electrons. The Morgan fingerprint density at radius 2 is 2.00 bits per heavy atom. The summed E-state index contributed by atoms with van der Waals surface area (Å²) in [6.45, 7) is 3.55. The average Bonchev–Trinajstić information content (AvgIpc) is 2.04. The summed E-state index contributed by atoms with van der Waals surface area (Å²) in [4.78, 5) is 0. The molecule has 0 atom stereocenters. The van der Waals surface area contributed by atoms with Gasteiger partial charge in [0.25, 0.3) is 0 Å². The second kappa shape index (κ2) is 5.51. The van der Waals surface area contributed by atoms with Crippen LogP contribution in [0, 0.1) is 6.08 Å². The van der Waals surface area contributed by atoms with Gasteiger partial charge >= 0.3 is 0 Å². The normalized spacial score (nSPS) is 8.09. The third-order valence-electron chi connectivity index (χ3n) is 1.34. The van der Waals surface area contributed by atoms with E-state index in [1.807, 2.05) is 24.3 Å². The maximum Gasteiger partial charge on any atom is 0 e. The van der Waals surface area contributed by atoms with Crippen LogP contribution < -0.4 is 0 Å². The molecular weight excluding hydrogens is 211 g/mol. The van der Waals surface area contributed by atoms with Gasteiger partial charge in [-0.05, 0) is 0 Å². The Kier molecular flexibility index (Phi) is 5.44. The van der Waals surface area contributed by atoms with Gasteiger partial charge in [0.15, 0.2) is 0 Å². The number of para-hydroxylation sites is 1. The third kappa shape index (κ3) is 2.76. The Morgan fingerprint density at radius 1 is 1.36 bits per heavy atom. The Bertz CT molecular complexity index is 233. The summed E-state index contributed by atoms with van der Waals surface area (Å²) in [5.74, 6) is 0. The van der Waals surface area contributed by atoms with E-state index in [2.05, 4.69) is 18.0 Å². The first-order valence-electron chi connectivity index (χ1n) is 3.10. The minimum Gasteiger partial charge on any atom is -0.745 e. The van der Waals surface area contributed by atoms with E-state index in [1.165, 1.54) is 0 Å². The molecular formula is C9H9NY-2. The van der Waals surface area contributed by atoms with Crippen LogP contribution >= 0.6 is 0 Å². The van der Waals surface area contributed by atoms with Crippen molar-refractivity contribution in [1.82, 2.24) is 0 Å². The summed E-state index contributed by atoms with van der Waals surface area (Å²) in [7, 11) is 1.76. The minimum atomic E-state index is 0. The molecule has 0 amide bonds. The summed E-state index contributed by atoms with van der Waals surface area (Å²) in [6, 6.07) is 7.77. The first-order chi connectivity index (χ1) is 4.88. The van der Waals surface area contributed by atoms with E-state index in [0.717, 1.165) is 11.3 Å². The van der Waals surface area contributed by atoms with Crippen LogP contribution in [0.15, 0.2) is 30.8 Å². The molecule has 55 valence electrons. The molecule has 1 aromatic rings. The zero-order chi connectivity index (χ0) is 7.40. The van der Waals surface area contributed by atoms with Crippen LogP contribution in [-0.4, -0.2) is 7.05 Å². The first-order valence-corrected chi connectivity index (χ1v) is 3.10. The molecule has 0 fully saturated rings. The van der Waals surface area contributed by atoms with Crippen molar-refractivity contribution in [2.75, 3.05) is 7.05 Å². The summed E-state index contributed by atoms with van der Waals surface area (Å²) in [6.07, 6.45) is 2.80. The fraction of sp³-hybridized carbons (Fsp3) is 0.111. The number of nitrogens with zero attached hydrogens (tertiary/aromatic N) is 1. The van der Waals surface area contributed by atoms with Gasteiger partial charge in [-0.2, -0.15) is 25.8 Å². The summed E-state index contributed by atoms with van der Waals surface area (Å²) in [5.41, 5.74) is 1.91. The molecule has 0 unspecified atom stereocenters. The maximum atomic E-state index is 4.04. The molecule has 0 spiro atoms. The van der Waals surface area contributed by atoms with Gasteiger partial charge in [-0.15, -0.1) is 12.1 Å². The monoisotopic (exact) mass is 220 g/mol. The second-order valence-corrected chi connectivity index (χ2v) is 1.92. The maximum absolute atomic E-state index is 4.04. The summed E-state index contributed by atoms with van der Waals surface area (Å²) >= 11 is 0. The number of rotatable bonds is 2. The van der Waals surface area contributed by atoms with E-state index in [0.29, 0.717) is 0 Å². The molecule has 0 aliphatic carbocycles. The van der Waals surface area contributed by atoms with Crippen LogP contribution in [0.5, 0.6) is 0 Å². The predicted molar refractivity (Wildman–Crippen MR) is 43.4 cm³/mol. The minimum absolute atomic E-state index is 0. The molecule has 0 aromatic heterocycles. The van der Waals surface area contributed by atoms with E-state index in [-0.39, 0.29) is 32.7 Å². The molecule has 0 aliphatic rings. The fourth-order valence-corrected chi connectivity index (χ4v) is 0.818. The molecule has 1 rings (SSSR count). The van der Waals surface area contributed by atoms with Crippen molar-refractivity contribution in [2.24, 2.45) is 0 Å². The van der Waals surface area contributed by atoms with Crippen LogP contribution in [0.2, 0.25) is 0 Å². The van der Waals surface area contributed by atoms with Gasteiger partial charge in [-0.1, -0.05) is 6.07 Å². The molecule has 1 aromatic carbocycles. The van der Waals surface area contributed by atoms with E-state index >= 15 is 0 Å². The second-order valence-electron chi connectivity index (χ2n) is 1.92. The van der Waals surface area contributed by atoms with Gasteiger partial charge in [0.05, 0.1) is 0 Å². The standard InChI is InChI=1S/C9H9N.Y/c1-3-8-6-4-5-7-9(8)10-2;/h4-7H,1H2,2H3;/q-2;.